The van der Waals surface area contributed by atoms with Crippen LogP contribution in [0.5, 0.6) is 0 Å². The van der Waals surface area contributed by atoms with Gasteiger partial charge in [-0.2, -0.15) is 0 Å². The van der Waals surface area contributed by atoms with E-state index in [4.69, 9.17) is 9.47 Å². The summed E-state index contributed by atoms with van der Waals surface area (Å²) in [4.78, 5) is 19.3. The van der Waals surface area contributed by atoms with Gasteiger partial charge in [0.05, 0.1) is 17.9 Å². The van der Waals surface area contributed by atoms with Crippen molar-refractivity contribution in [2.45, 2.75) is 44.4 Å². The molecule has 2 unspecified atom stereocenters. The van der Waals surface area contributed by atoms with E-state index >= 15 is 0 Å². The van der Waals surface area contributed by atoms with Crippen LogP contribution in [-0.2, 0) is 16.0 Å². The third-order valence-corrected chi connectivity index (χ3v) is 4.98. The fourth-order valence-electron chi connectivity index (χ4n) is 3.77. The van der Waals surface area contributed by atoms with Crippen molar-refractivity contribution in [1.29, 1.82) is 0 Å². The van der Waals surface area contributed by atoms with Crippen molar-refractivity contribution in [3.05, 3.63) is 46.5 Å². The molecule has 6 heteroatoms. The average molecular weight is 343 g/mol. The summed E-state index contributed by atoms with van der Waals surface area (Å²) in [7, 11) is 0. The van der Waals surface area contributed by atoms with E-state index in [-0.39, 0.29) is 17.8 Å². The number of hydrogen-bond acceptors (Lipinski definition) is 5. The molecule has 2 aliphatic heterocycles. The predicted octanol–water partition coefficient (Wildman–Crippen LogP) is 1.85. The Morgan fingerprint density at radius 1 is 1.12 bits per heavy atom. The predicted molar refractivity (Wildman–Crippen MR) is 94.7 cm³/mol. The summed E-state index contributed by atoms with van der Waals surface area (Å²) < 4.78 is 13.2. The molecule has 4 rings (SSSR count). The van der Waals surface area contributed by atoms with Gasteiger partial charge in [0.2, 0.25) is 0 Å². The minimum Gasteiger partial charge on any atom is -0.377 e. The van der Waals surface area contributed by atoms with Gasteiger partial charge in [0.1, 0.15) is 5.65 Å². The van der Waals surface area contributed by atoms with Crippen molar-refractivity contribution in [2.75, 3.05) is 26.3 Å². The van der Waals surface area contributed by atoms with Crippen LogP contribution in [0.2, 0.25) is 0 Å². The molecule has 0 radical (unpaired) electrons. The second-order valence-electron chi connectivity index (χ2n) is 6.98. The van der Waals surface area contributed by atoms with E-state index in [0.29, 0.717) is 12.2 Å². The quantitative estimate of drug-likeness (QED) is 0.801. The molecule has 0 aliphatic carbocycles. The first-order valence-corrected chi connectivity index (χ1v) is 9.21. The van der Waals surface area contributed by atoms with Crippen molar-refractivity contribution < 1.29 is 9.47 Å². The lowest BCUT2D eigenvalue weighted by atomic mass is 10.2. The lowest BCUT2D eigenvalue weighted by Crippen LogP contribution is -2.37. The van der Waals surface area contributed by atoms with E-state index in [1.807, 2.05) is 18.2 Å². The van der Waals surface area contributed by atoms with Gasteiger partial charge in [0.25, 0.3) is 5.56 Å². The Kier molecular flexibility index (Phi) is 5.10. The number of fused-ring (bicyclic) bond motifs is 1. The van der Waals surface area contributed by atoms with Crippen LogP contribution in [0.3, 0.4) is 0 Å². The standard InChI is InChI=1S/C19H25N3O3/c23-19-11-15(20-18-7-1-2-8-22(18)19)12-21(13-16-5-3-9-24-16)14-17-6-4-10-25-17/h1-2,7-8,11,16-17H,3-6,9-10,12-14H2. The van der Waals surface area contributed by atoms with Gasteiger partial charge in [-0.1, -0.05) is 6.07 Å². The van der Waals surface area contributed by atoms with E-state index in [9.17, 15) is 4.79 Å². The van der Waals surface area contributed by atoms with Crippen LogP contribution in [0.25, 0.3) is 5.65 Å². The second-order valence-corrected chi connectivity index (χ2v) is 6.98. The SMILES string of the molecule is O=c1cc(CN(CC2CCCO2)CC2CCCO2)nc2ccccn12. The molecule has 0 saturated carbocycles. The summed E-state index contributed by atoms with van der Waals surface area (Å²) in [5, 5.41) is 0. The van der Waals surface area contributed by atoms with Crippen molar-refractivity contribution in [3.63, 3.8) is 0 Å². The summed E-state index contributed by atoms with van der Waals surface area (Å²) in [5.74, 6) is 0. The van der Waals surface area contributed by atoms with Crippen LogP contribution in [0.1, 0.15) is 31.4 Å². The number of hydrogen-bond donors (Lipinski definition) is 0. The Morgan fingerprint density at radius 3 is 2.48 bits per heavy atom. The van der Waals surface area contributed by atoms with Crippen LogP contribution in [0, 0.1) is 0 Å². The molecular weight excluding hydrogens is 318 g/mol. The van der Waals surface area contributed by atoms with Gasteiger partial charge in [0.15, 0.2) is 0 Å². The topological polar surface area (TPSA) is 56.1 Å². The van der Waals surface area contributed by atoms with Crippen LogP contribution in [-0.4, -0.2) is 52.8 Å². The van der Waals surface area contributed by atoms with Crippen LogP contribution in [0.4, 0.5) is 0 Å². The zero-order chi connectivity index (χ0) is 17.1. The molecule has 6 nitrogen and oxygen atoms in total. The summed E-state index contributed by atoms with van der Waals surface area (Å²) in [5.41, 5.74) is 1.47. The summed E-state index contributed by atoms with van der Waals surface area (Å²) in [6, 6.07) is 7.26. The Morgan fingerprint density at radius 2 is 1.84 bits per heavy atom. The minimum atomic E-state index is -0.0326. The molecule has 2 aromatic rings. The second kappa shape index (κ2) is 7.64. The Labute approximate surface area is 147 Å². The maximum Gasteiger partial charge on any atom is 0.258 e. The first-order valence-electron chi connectivity index (χ1n) is 9.21. The summed E-state index contributed by atoms with van der Waals surface area (Å²) >= 11 is 0. The Bertz CT molecular complexity index is 746. The third kappa shape index (κ3) is 4.08. The van der Waals surface area contributed by atoms with Crippen molar-refractivity contribution >= 4 is 5.65 Å². The van der Waals surface area contributed by atoms with Gasteiger partial charge in [-0.25, -0.2) is 4.98 Å². The molecule has 4 heterocycles. The molecule has 2 atom stereocenters. The normalized spacial score (nSPS) is 23.7. The van der Waals surface area contributed by atoms with Gasteiger partial charge in [-0.05, 0) is 37.8 Å². The molecule has 2 aliphatic rings. The maximum atomic E-state index is 12.3. The smallest absolute Gasteiger partial charge is 0.258 e. The van der Waals surface area contributed by atoms with E-state index in [1.165, 1.54) is 0 Å². The molecule has 2 aromatic heterocycles. The molecule has 134 valence electrons. The average Bonchev–Trinajstić information content (AvgIpc) is 3.29. The van der Waals surface area contributed by atoms with Gasteiger partial charge in [-0.15, -0.1) is 0 Å². The lowest BCUT2D eigenvalue weighted by molar-refractivity contribution is 0.0341. The van der Waals surface area contributed by atoms with Crippen LogP contribution in [0.15, 0.2) is 35.3 Å². The highest BCUT2D eigenvalue weighted by Crippen LogP contribution is 2.18. The van der Waals surface area contributed by atoms with E-state index in [1.54, 1.807) is 16.7 Å². The van der Waals surface area contributed by atoms with E-state index < -0.39 is 0 Å². The Hall–Kier alpha value is -1.76. The third-order valence-electron chi connectivity index (χ3n) is 4.98. The van der Waals surface area contributed by atoms with Gasteiger partial charge in [0, 0.05) is 45.1 Å². The largest absolute Gasteiger partial charge is 0.377 e. The molecule has 0 aromatic carbocycles. The number of nitrogens with zero attached hydrogens (tertiary/aromatic N) is 3. The number of rotatable bonds is 6. The molecule has 0 bridgehead atoms. The van der Waals surface area contributed by atoms with Crippen molar-refractivity contribution in [3.8, 4) is 0 Å². The van der Waals surface area contributed by atoms with E-state index in [0.717, 1.165) is 57.7 Å². The Balaban J connectivity index is 1.52. The number of ether oxygens (including phenoxy) is 2. The van der Waals surface area contributed by atoms with Crippen LogP contribution < -0.4 is 5.56 Å². The van der Waals surface area contributed by atoms with Crippen LogP contribution >= 0.6 is 0 Å². The van der Waals surface area contributed by atoms with Gasteiger partial charge in [-0.3, -0.25) is 14.1 Å². The molecule has 0 amide bonds. The fourth-order valence-corrected chi connectivity index (χ4v) is 3.77. The summed E-state index contributed by atoms with van der Waals surface area (Å²) in [6.45, 7) is 4.10. The number of aromatic nitrogens is 2. The minimum absolute atomic E-state index is 0.0326. The zero-order valence-corrected chi connectivity index (χ0v) is 14.5. The molecule has 0 spiro atoms. The van der Waals surface area contributed by atoms with E-state index in [2.05, 4.69) is 9.88 Å². The monoisotopic (exact) mass is 343 g/mol. The molecule has 25 heavy (non-hydrogen) atoms. The van der Waals surface area contributed by atoms with Gasteiger partial charge < -0.3 is 9.47 Å². The highest BCUT2D eigenvalue weighted by Gasteiger charge is 2.24. The zero-order valence-electron chi connectivity index (χ0n) is 14.5. The fraction of sp³-hybridized carbons (Fsp3) is 0.579. The lowest BCUT2D eigenvalue weighted by Gasteiger charge is -2.27. The van der Waals surface area contributed by atoms with Crippen molar-refractivity contribution in [1.82, 2.24) is 14.3 Å². The highest BCUT2D eigenvalue weighted by atomic mass is 16.5. The maximum absolute atomic E-state index is 12.3. The molecule has 2 fully saturated rings. The highest BCUT2D eigenvalue weighted by molar-refractivity contribution is 5.37. The first kappa shape index (κ1) is 16.7. The molecule has 0 N–H and O–H groups in total. The first-order chi connectivity index (χ1) is 12.3. The summed E-state index contributed by atoms with van der Waals surface area (Å²) in [6.07, 6.45) is 6.80. The van der Waals surface area contributed by atoms with Gasteiger partial charge >= 0.3 is 0 Å². The number of pyridine rings is 1. The molecule has 2 saturated heterocycles. The molecular formula is C19H25N3O3. The van der Waals surface area contributed by atoms with Crippen molar-refractivity contribution in [2.24, 2.45) is 0 Å².